The first-order valence-corrected chi connectivity index (χ1v) is 12.3. The summed E-state index contributed by atoms with van der Waals surface area (Å²) in [5.41, 5.74) is 0. The van der Waals surface area contributed by atoms with E-state index in [0.717, 1.165) is 36.3 Å². The Kier molecular flexibility index (Phi) is 11.2. The van der Waals surface area contributed by atoms with Gasteiger partial charge in [0.05, 0.1) is 17.9 Å². The Bertz CT molecular complexity index is 497. The zero-order valence-electron chi connectivity index (χ0n) is 17.5. The summed E-state index contributed by atoms with van der Waals surface area (Å²) in [5, 5.41) is -0.318. The Hall–Kier alpha value is -0.880. The summed E-state index contributed by atoms with van der Waals surface area (Å²) in [6.07, 6.45) is 15.1. The third-order valence-corrected chi connectivity index (χ3v) is 6.79. The molecule has 1 heterocycles. The predicted octanol–water partition coefficient (Wildman–Crippen LogP) is 4.52. The first-order chi connectivity index (χ1) is 13.6. The van der Waals surface area contributed by atoms with E-state index in [1.807, 2.05) is 6.92 Å². The van der Waals surface area contributed by atoms with Gasteiger partial charge in [-0.05, 0) is 18.6 Å². The highest BCUT2D eigenvalue weighted by Gasteiger charge is 2.39. The molecule has 28 heavy (non-hydrogen) atoms. The first-order valence-electron chi connectivity index (χ1n) is 11.2. The number of carbonyl (C=O) groups excluding carboxylic acids is 3. The molecule has 0 aromatic heterocycles. The summed E-state index contributed by atoms with van der Waals surface area (Å²) in [6.45, 7) is 1.84. The van der Waals surface area contributed by atoms with Crippen LogP contribution in [-0.2, 0) is 19.1 Å². The zero-order chi connectivity index (χ0) is 20.2. The van der Waals surface area contributed by atoms with Gasteiger partial charge in [0.25, 0.3) is 0 Å². The van der Waals surface area contributed by atoms with Gasteiger partial charge in [-0.3, -0.25) is 19.3 Å². The second kappa shape index (κ2) is 13.4. The fourth-order valence-electron chi connectivity index (χ4n) is 4.05. The molecule has 0 radical (unpaired) electrons. The molecule has 2 aliphatic rings. The summed E-state index contributed by atoms with van der Waals surface area (Å²) < 4.78 is 5.93. The lowest BCUT2D eigenvalue weighted by molar-refractivity contribution is -0.143. The molecule has 0 bridgehead atoms. The van der Waals surface area contributed by atoms with E-state index in [9.17, 15) is 14.4 Å². The molecule has 0 aromatic carbocycles. The van der Waals surface area contributed by atoms with Crippen LogP contribution in [0.25, 0.3) is 0 Å². The number of imide groups is 1. The molecule has 2 fully saturated rings. The molecule has 0 N–H and O–H groups in total. The van der Waals surface area contributed by atoms with E-state index < -0.39 is 0 Å². The predicted molar refractivity (Wildman–Crippen MR) is 113 cm³/mol. The standard InChI is InChI=1S/C22H37NO4S/c1-2-28-20-15-21(25)23(22(20)26)16-18(24)17-27-19-13-11-9-7-5-3-4-6-8-10-12-14-19/h19-20H,2-17H2,1H3. The van der Waals surface area contributed by atoms with Crippen molar-refractivity contribution >= 4 is 29.4 Å². The number of Topliss-reactive ketones (excluding diaryl/α,β-unsaturated/α-hetero) is 1. The average molecular weight is 412 g/mol. The molecule has 1 saturated carbocycles. The number of carbonyl (C=O) groups is 3. The molecule has 1 unspecified atom stereocenters. The summed E-state index contributed by atoms with van der Waals surface area (Å²) in [5.74, 6) is 0.168. The number of rotatable bonds is 7. The van der Waals surface area contributed by atoms with Crippen LogP contribution in [0.15, 0.2) is 0 Å². The fraction of sp³-hybridized carbons (Fsp3) is 0.864. The highest BCUT2D eigenvalue weighted by Crippen LogP contribution is 2.25. The molecule has 1 aliphatic heterocycles. The average Bonchev–Trinajstić information content (AvgIpc) is 2.95. The van der Waals surface area contributed by atoms with Gasteiger partial charge in [0.15, 0.2) is 5.78 Å². The van der Waals surface area contributed by atoms with Crippen molar-refractivity contribution in [1.29, 1.82) is 0 Å². The minimum absolute atomic E-state index is 0.00726. The summed E-state index contributed by atoms with van der Waals surface area (Å²) in [4.78, 5) is 37.8. The minimum Gasteiger partial charge on any atom is -0.370 e. The van der Waals surface area contributed by atoms with E-state index in [1.54, 1.807) is 0 Å². The number of ether oxygens (including phenoxy) is 1. The highest BCUT2D eigenvalue weighted by atomic mass is 32.2. The van der Waals surface area contributed by atoms with Gasteiger partial charge in [-0.1, -0.05) is 71.1 Å². The maximum absolute atomic E-state index is 12.3. The second-order valence-electron chi connectivity index (χ2n) is 8.05. The van der Waals surface area contributed by atoms with Crippen molar-refractivity contribution in [3.8, 4) is 0 Å². The van der Waals surface area contributed by atoms with E-state index >= 15 is 0 Å². The van der Waals surface area contributed by atoms with Crippen LogP contribution in [0.2, 0.25) is 0 Å². The van der Waals surface area contributed by atoms with Crippen LogP contribution >= 0.6 is 11.8 Å². The summed E-state index contributed by atoms with van der Waals surface area (Å²) in [7, 11) is 0. The van der Waals surface area contributed by atoms with Gasteiger partial charge in [-0.15, -0.1) is 11.8 Å². The Labute approximate surface area is 174 Å². The van der Waals surface area contributed by atoms with Crippen molar-refractivity contribution in [3.05, 3.63) is 0 Å². The molecular weight excluding hydrogens is 374 g/mol. The molecule has 2 rings (SSSR count). The lowest BCUT2D eigenvalue weighted by Gasteiger charge is -2.19. The highest BCUT2D eigenvalue weighted by molar-refractivity contribution is 8.00. The van der Waals surface area contributed by atoms with Crippen molar-refractivity contribution in [3.63, 3.8) is 0 Å². The normalized spacial score (nSPS) is 23.9. The van der Waals surface area contributed by atoms with Gasteiger partial charge in [-0.2, -0.15) is 0 Å². The van der Waals surface area contributed by atoms with Crippen LogP contribution in [0.4, 0.5) is 0 Å². The Morgan fingerprint density at radius 1 is 0.964 bits per heavy atom. The third-order valence-electron chi connectivity index (χ3n) is 5.69. The Balaban J connectivity index is 1.75. The van der Waals surface area contributed by atoms with Crippen LogP contribution in [0.5, 0.6) is 0 Å². The molecule has 160 valence electrons. The quantitative estimate of drug-likeness (QED) is 0.577. The van der Waals surface area contributed by atoms with Gasteiger partial charge >= 0.3 is 0 Å². The van der Waals surface area contributed by atoms with Crippen molar-refractivity contribution in [1.82, 2.24) is 4.90 Å². The van der Waals surface area contributed by atoms with E-state index in [1.165, 1.54) is 63.1 Å². The number of thioether (sulfide) groups is 1. The van der Waals surface area contributed by atoms with Crippen molar-refractivity contribution in [2.75, 3.05) is 18.9 Å². The van der Waals surface area contributed by atoms with Crippen molar-refractivity contribution in [2.45, 2.75) is 102 Å². The van der Waals surface area contributed by atoms with Gasteiger partial charge in [-0.25, -0.2) is 0 Å². The van der Waals surface area contributed by atoms with E-state index in [4.69, 9.17) is 4.74 Å². The lowest BCUT2D eigenvalue weighted by atomic mass is 10.0. The smallest absolute Gasteiger partial charge is 0.243 e. The molecule has 1 saturated heterocycles. The van der Waals surface area contributed by atoms with Crippen LogP contribution in [0.1, 0.15) is 90.4 Å². The largest absolute Gasteiger partial charge is 0.370 e. The number of hydrogen-bond acceptors (Lipinski definition) is 5. The van der Waals surface area contributed by atoms with Crippen LogP contribution in [-0.4, -0.2) is 52.8 Å². The topological polar surface area (TPSA) is 63.7 Å². The number of nitrogens with zero attached hydrogens (tertiary/aromatic N) is 1. The number of ketones is 1. The summed E-state index contributed by atoms with van der Waals surface area (Å²) in [6, 6.07) is 0. The molecule has 1 atom stereocenters. The third kappa shape index (κ3) is 8.24. The Morgan fingerprint density at radius 2 is 1.50 bits per heavy atom. The van der Waals surface area contributed by atoms with Gasteiger partial charge in [0.1, 0.15) is 6.61 Å². The van der Waals surface area contributed by atoms with Crippen LogP contribution < -0.4 is 0 Å². The molecule has 1 aliphatic carbocycles. The number of amides is 2. The molecule has 0 aromatic rings. The fourth-order valence-corrected chi connectivity index (χ4v) is 4.98. The molecular formula is C22H37NO4S. The summed E-state index contributed by atoms with van der Waals surface area (Å²) >= 11 is 1.48. The van der Waals surface area contributed by atoms with Crippen molar-refractivity contribution < 1.29 is 19.1 Å². The number of hydrogen-bond donors (Lipinski definition) is 0. The monoisotopic (exact) mass is 411 g/mol. The molecule has 0 spiro atoms. The lowest BCUT2D eigenvalue weighted by Crippen LogP contribution is -2.37. The Morgan fingerprint density at radius 3 is 2.04 bits per heavy atom. The second-order valence-corrected chi connectivity index (χ2v) is 9.53. The molecule has 5 nitrogen and oxygen atoms in total. The van der Waals surface area contributed by atoms with Crippen LogP contribution in [0, 0.1) is 0 Å². The number of likely N-dealkylation sites (tertiary alicyclic amines) is 1. The van der Waals surface area contributed by atoms with Gasteiger partial charge in [0.2, 0.25) is 11.8 Å². The molecule has 2 amide bonds. The van der Waals surface area contributed by atoms with Crippen LogP contribution in [0.3, 0.4) is 0 Å². The van der Waals surface area contributed by atoms with Gasteiger partial charge < -0.3 is 4.74 Å². The maximum atomic E-state index is 12.3. The van der Waals surface area contributed by atoms with Crippen molar-refractivity contribution in [2.24, 2.45) is 0 Å². The SMILES string of the molecule is CCSC1CC(=O)N(CC(=O)COC2CCCCCCCCCCCC2)C1=O. The molecule has 6 heteroatoms. The van der Waals surface area contributed by atoms with Gasteiger partial charge in [0, 0.05) is 6.42 Å². The first kappa shape index (κ1) is 23.4. The zero-order valence-corrected chi connectivity index (χ0v) is 18.3. The maximum Gasteiger partial charge on any atom is 0.243 e. The minimum atomic E-state index is -0.318. The van der Waals surface area contributed by atoms with E-state index in [2.05, 4.69) is 0 Å². The van der Waals surface area contributed by atoms with E-state index in [-0.39, 0.29) is 48.5 Å². The van der Waals surface area contributed by atoms with E-state index in [0.29, 0.717) is 0 Å².